The highest BCUT2D eigenvalue weighted by atomic mass is 32.2. The van der Waals surface area contributed by atoms with Gasteiger partial charge in [-0.3, -0.25) is 4.79 Å². The molecule has 0 unspecified atom stereocenters. The largest absolute Gasteiger partial charge is 0.480 e. The smallest absolute Gasteiger partial charge is 0.322 e. The highest BCUT2D eigenvalue weighted by Gasteiger charge is 2.36. The Kier molecular flexibility index (Phi) is 5.82. The summed E-state index contributed by atoms with van der Waals surface area (Å²) < 4.78 is 81.6. The van der Waals surface area contributed by atoms with Crippen molar-refractivity contribution >= 4 is 21.7 Å². The minimum absolute atomic E-state index is 0.731. The molecule has 0 spiro atoms. The quantitative estimate of drug-likeness (QED) is 0.586. The summed E-state index contributed by atoms with van der Waals surface area (Å²) in [5.74, 6) is -10.5. The zero-order valence-electron chi connectivity index (χ0n) is 13.2. The Bertz CT molecular complexity index is 737. The minimum atomic E-state index is -5.18. The molecule has 11 heteroatoms. The SMILES string of the molecule is CC(C)[C@H](NS(=O)(=O)c1c(F)c(F)c(N(C)C)c(F)c1F)C(=O)O. The maximum atomic E-state index is 14.0. The summed E-state index contributed by atoms with van der Waals surface area (Å²) in [6.07, 6.45) is 0. The Hall–Kier alpha value is -1.88. The zero-order valence-corrected chi connectivity index (χ0v) is 14.0. The maximum Gasteiger partial charge on any atom is 0.322 e. The van der Waals surface area contributed by atoms with Gasteiger partial charge in [0.15, 0.2) is 28.2 Å². The molecule has 0 aliphatic heterocycles. The van der Waals surface area contributed by atoms with E-state index in [1.807, 2.05) is 0 Å². The van der Waals surface area contributed by atoms with Gasteiger partial charge in [0.05, 0.1) is 0 Å². The number of nitrogens with one attached hydrogen (secondary N) is 1. The average Bonchev–Trinajstić information content (AvgIpc) is 2.42. The Morgan fingerprint density at radius 1 is 1.04 bits per heavy atom. The maximum absolute atomic E-state index is 14.0. The van der Waals surface area contributed by atoms with Crippen LogP contribution in [0, 0.1) is 29.2 Å². The summed E-state index contributed by atoms with van der Waals surface area (Å²) in [6.45, 7) is 2.68. The van der Waals surface area contributed by atoms with Crippen molar-refractivity contribution in [1.82, 2.24) is 4.72 Å². The van der Waals surface area contributed by atoms with Crippen LogP contribution in [0.5, 0.6) is 0 Å². The second-order valence-corrected chi connectivity index (χ2v) is 7.16. The summed E-state index contributed by atoms with van der Waals surface area (Å²) in [5.41, 5.74) is -1.09. The molecule has 0 aliphatic carbocycles. The minimum Gasteiger partial charge on any atom is -0.480 e. The summed E-state index contributed by atoms with van der Waals surface area (Å²) in [7, 11) is -2.97. The number of carboxylic acids is 1. The lowest BCUT2D eigenvalue weighted by atomic mass is 10.1. The Labute approximate surface area is 136 Å². The predicted molar refractivity (Wildman–Crippen MR) is 77.2 cm³/mol. The van der Waals surface area contributed by atoms with Crippen LogP contribution in [0.2, 0.25) is 0 Å². The number of benzene rings is 1. The standard InChI is InChI=1S/C13H16F4N2O4S/c1-5(2)10(13(20)21)18-24(22,23)12-8(16)6(14)11(19(3)4)7(15)9(12)17/h5,10,18H,1-4H3,(H,20,21)/t10-/m0/s1. The number of sulfonamides is 1. The van der Waals surface area contributed by atoms with Crippen LogP contribution in [0.25, 0.3) is 0 Å². The molecule has 0 radical (unpaired) electrons. The third-order valence-corrected chi connectivity index (χ3v) is 4.59. The van der Waals surface area contributed by atoms with E-state index in [-0.39, 0.29) is 0 Å². The number of rotatable bonds is 6. The Balaban J connectivity index is 3.59. The number of anilines is 1. The first-order chi connectivity index (χ1) is 10.8. The van der Waals surface area contributed by atoms with Crippen LogP contribution in [0.1, 0.15) is 13.8 Å². The van der Waals surface area contributed by atoms with E-state index in [0.717, 1.165) is 19.0 Å². The highest BCUT2D eigenvalue weighted by Crippen LogP contribution is 2.32. The number of carboxylic acid groups (broad SMARTS) is 1. The number of carbonyl (C=O) groups is 1. The molecule has 1 atom stereocenters. The molecule has 1 aromatic carbocycles. The van der Waals surface area contributed by atoms with Gasteiger partial charge in [-0.1, -0.05) is 13.8 Å². The van der Waals surface area contributed by atoms with Crippen molar-refractivity contribution in [2.24, 2.45) is 5.92 Å². The van der Waals surface area contributed by atoms with Gasteiger partial charge in [-0.15, -0.1) is 0 Å². The van der Waals surface area contributed by atoms with Crippen molar-refractivity contribution in [1.29, 1.82) is 0 Å². The highest BCUT2D eigenvalue weighted by molar-refractivity contribution is 7.89. The molecule has 6 nitrogen and oxygen atoms in total. The Morgan fingerprint density at radius 2 is 1.46 bits per heavy atom. The number of hydrogen-bond donors (Lipinski definition) is 2. The van der Waals surface area contributed by atoms with E-state index >= 15 is 0 Å². The van der Waals surface area contributed by atoms with E-state index in [4.69, 9.17) is 5.11 Å². The van der Waals surface area contributed by atoms with Crippen LogP contribution < -0.4 is 9.62 Å². The summed E-state index contributed by atoms with van der Waals surface area (Å²) in [6, 6.07) is -1.74. The van der Waals surface area contributed by atoms with E-state index in [2.05, 4.69) is 0 Å². The van der Waals surface area contributed by atoms with E-state index in [1.165, 1.54) is 18.6 Å². The second kappa shape index (κ2) is 6.93. The number of halogens is 4. The fourth-order valence-corrected chi connectivity index (χ4v) is 3.40. The van der Waals surface area contributed by atoms with Gasteiger partial charge in [0.2, 0.25) is 10.0 Å². The lowest BCUT2D eigenvalue weighted by Gasteiger charge is -2.20. The molecule has 1 aromatic rings. The molecule has 0 fully saturated rings. The van der Waals surface area contributed by atoms with Crippen molar-refractivity contribution in [2.45, 2.75) is 24.8 Å². The first kappa shape index (κ1) is 20.2. The third-order valence-electron chi connectivity index (χ3n) is 3.13. The topological polar surface area (TPSA) is 86.7 Å². The lowest BCUT2D eigenvalue weighted by molar-refractivity contribution is -0.140. The molecule has 0 bridgehead atoms. The van der Waals surface area contributed by atoms with Crippen LogP contribution >= 0.6 is 0 Å². The number of hydrogen-bond acceptors (Lipinski definition) is 4. The van der Waals surface area contributed by atoms with Crippen LogP contribution in [0.15, 0.2) is 4.90 Å². The van der Waals surface area contributed by atoms with E-state index in [0.29, 0.717) is 0 Å². The molecule has 136 valence electrons. The fourth-order valence-electron chi connectivity index (χ4n) is 1.93. The second-order valence-electron chi connectivity index (χ2n) is 5.51. The zero-order chi connectivity index (χ0) is 19.0. The normalized spacial score (nSPS) is 13.2. The molecule has 0 saturated heterocycles. The predicted octanol–water partition coefficient (Wildman–Crippen LogP) is 1.70. The molecule has 0 aromatic heterocycles. The average molecular weight is 372 g/mol. The van der Waals surface area contributed by atoms with Gasteiger partial charge in [0, 0.05) is 14.1 Å². The first-order valence-electron chi connectivity index (χ1n) is 6.61. The summed E-state index contributed by atoms with van der Waals surface area (Å²) in [5, 5.41) is 8.95. The van der Waals surface area contributed by atoms with Gasteiger partial charge in [-0.2, -0.15) is 4.72 Å². The van der Waals surface area contributed by atoms with Gasteiger partial charge in [0.1, 0.15) is 11.7 Å². The van der Waals surface area contributed by atoms with E-state index in [9.17, 15) is 30.8 Å². The van der Waals surface area contributed by atoms with E-state index in [1.54, 1.807) is 0 Å². The van der Waals surface area contributed by atoms with Crippen LogP contribution in [-0.2, 0) is 14.8 Å². The molecular formula is C13H16F4N2O4S. The van der Waals surface area contributed by atoms with Gasteiger partial charge >= 0.3 is 5.97 Å². The van der Waals surface area contributed by atoms with E-state index < -0.39 is 61.8 Å². The van der Waals surface area contributed by atoms with Crippen molar-refractivity contribution in [2.75, 3.05) is 19.0 Å². The van der Waals surface area contributed by atoms with Gasteiger partial charge < -0.3 is 10.0 Å². The molecule has 0 aliphatic rings. The third kappa shape index (κ3) is 3.61. The van der Waals surface area contributed by atoms with Crippen molar-refractivity contribution < 1.29 is 35.9 Å². The molecule has 0 saturated carbocycles. The molecule has 2 N–H and O–H groups in total. The first-order valence-corrected chi connectivity index (χ1v) is 8.09. The lowest BCUT2D eigenvalue weighted by Crippen LogP contribution is -2.44. The summed E-state index contributed by atoms with van der Waals surface area (Å²) >= 11 is 0. The Morgan fingerprint density at radius 3 is 1.75 bits per heavy atom. The number of aliphatic carboxylic acids is 1. The van der Waals surface area contributed by atoms with Gasteiger partial charge in [0.25, 0.3) is 0 Å². The fraction of sp³-hybridized carbons (Fsp3) is 0.462. The van der Waals surface area contributed by atoms with Crippen LogP contribution in [-0.4, -0.2) is 39.6 Å². The molecule has 1 rings (SSSR count). The van der Waals surface area contributed by atoms with Crippen molar-refractivity contribution in [3.63, 3.8) is 0 Å². The van der Waals surface area contributed by atoms with Crippen molar-refractivity contribution in [3.05, 3.63) is 23.3 Å². The molecular weight excluding hydrogens is 356 g/mol. The van der Waals surface area contributed by atoms with Gasteiger partial charge in [-0.25, -0.2) is 26.0 Å². The van der Waals surface area contributed by atoms with Crippen LogP contribution in [0.4, 0.5) is 23.2 Å². The van der Waals surface area contributed by atoms with Gasteiger partial charge in [-0.05, 0) is 5.92 Å². The molecule has 0 heterocycles. The molecule has 0 amide bonds. The molecule has 24 heavy (non-hydrogen) atoms. The monoisotopic (exact) mass is 372 g/mol. The van der Waals surface area contributed by atoms with Crippen LogP contribution in [0.3, 0.4) is 0 Å². The van der Waals surface area contributed by atoms with Crippen molar-refractivity contribution in [3.8, 4) is 0 Å². The summed E-state index contributed by atoms with van der Waals surface area (Å²) in [4.78, 5) is 9.85. The number of nitrogens with zero attached hydrogens (tertiary/aromatic N) is 1.